The fraction of sp³-hybridized carbons (Fsp3) is 0.562. The highest BCUT2D eigenvalue weighted by Gasteiger charge is 2.13. The molecule has 0 amide bonds. The highest BCUT2D eigenvalue weighted by molar-refractivity contribution is 5.39. The molecule has 0 saturated heterocycles. The SMILES string of the molecule is CC(C)CC(CNCc1cn2ccccc2n1)N(C)C. The predicted molar refractivity (Wildman–Crippen MR) is 83.8 cm³/mol. The first-order chi connectivity index (χ1) is 9.56. The minimum absolute atomic E-state index is 0.576. The minimum Gasteiger partial charge on any atom is -0.310 e. The second kappa shape index (κ2) is 6.86. The second-order valence-corrected chi connectivity index (χ2v) is 6.08. The van der Waals surface area contributed by atoms with Gasteiger partial charge in [0.15, 0.2) is 0 Å². The van der Waals surface area contributed by atoms with Crippen LogP contribution in [0.4, 0.5) is 0 Å². The fourth-order valence-corrected chi connectivity index (χ4v) is 2.46. The first-order valence-electron chi connectivity index (χ1n) is 7.36. The number of nitrogens with one attached hydrogen (secondary N) is 1. The van der Waals surface area contributed by atoms with E-state index in [9.17, 15) is 0 Å². The molecule has 2 rings (SSSR count). The standard InChI is InChI=1S/C16H26N4/c1-13(2)9-15(19(3)4)11-17-10-14-12-20-8-6-5-7-16(20)18-14/h5-8,12-13,15,17H,9-11H2,1-4H3. The number of pyridine rings is 1. The molecule has 0 aliphatic carbocycles. The average molecular weight is 274 g/mol. The van der Waals surface area contributed by atoms with Crippen LogP contribution in [0.15, 0.2) is 30.6 Å². The highest BCUT2D eigenvalue weighted by atomic mass is 15.1. The van der Waals surface area contributed by atoms with Crippen molar-refractivity contribution in [1.82, 2.24) is 19.6 Å². The van der Waals surface area contributed by atoms with Crippen LogP contribution in [0.25, 0.3) is 5.65 Å². The number of aromatic nitrogens is 2. The van der Waals surface area contributed by atoms with Crippen molar-refractivity contribution < 1.29 is 0 Å². The first kappa shape index (κ1) is 15.0. The quantitative estimate of drug-likeness (QED) is 0.841. The van der Waals surface area contributed by atoms with Gasteiger partial charge in [0, 0.05) is 31.5 Å². The van der Waals surface area contributed by atoms with E-state index in [1.165, 1.54) is 6.42 Å². The van der Waals surface area contributed by atoms with Crippen molar-refractivity contribution in [1.29, 1.82) is 0 Å². The molecule has 1 N–H and O–H groups in total. The molecule has 0 saturated carbocycles. The summed E-state index contributed by atoms with van der Waals surface area (Å²) in [5.74, 6) is 0.722. The number of hydrogen-bond donors (Lipinski definition) is 1. The van der Waals surface area contributed by atoms with Gasteiger partial charge < -0.3 is 14.6 Å². The van der Waals surface area contributed by atoms with Crippen molar-refractivity contribution in [3.8, 4) is 0 Å². The average Bonchev–Trinajstić information content (AvgIpc) is 2.79. The number of imidazole rings is 1. The van der Waals surface area contributed by atoms with E-state index in [4.69, 9.17) is 0 Å². The maximum absolute atomic E-state index is 4.60. The van der Waals surface area contributed by atoms with E-state index in [1.807, 2.05) is 24.4 Å². The van der Waals surface area contributed by atoms with Crippen LogP contribution in [-0.4, -0.2) is 41.0 Å². The largest absolute Gasteiger partial charge is 0.310 e. The normalized spacial score (nSPS) is 13.5. The molecule has 0 aliphatic heterocycles. The molecule has 110 valence electrons. The van der Waals surface area contributed by atoms with Crippen molar-refractivity contribution in [2.75, 3.05) is 20.6 Å². The summed E-state index contributed by atoms with van der Waals surface area (Å²) in [5, 5.41) is 3.53. The Bertz CT molecular complexity index is 497. The molecule has 0 radical (unpaired) electrons. The summed E-state index contributed by atoms with van der Waals surface area (Å²) in [6.45, 7) is 6.38. The molecule has 2 aromatic heterocycles. The van der Waals surface area contributed by atoms with E-state index in [1.54, 1.807) is 0 Å². The van der Waals surface area contributed by atoms with E-state index < -0.39 is 0 Å². The van der Waals surface area contributed by atoms with Crippen LogP contribution < -0.4 is 5.32 Å². The van der Waals surface area contributed by atoms with Crippen molar-refractivity contribution in [3.63, 3.8) is 0 Å². The molecule has 1 atom stereocenters. The summed E-state index contributed by atoms with van der Waals surface area (Å²) < 4.78 is 2.06. The Morgan fingerprint density at radius 2 is 2.10 bits per heavy atom. The Kier molecular flexibility index (Phi) is 5.15. The zero-order valence-electron chi connectivity index (χ0n) is 13.0. The molecule has 2 heterocycles. The van der Waals surface area contributed by atoms with Crippen LogP contribution in [0.3, 0.4) is 0 Å². The van der Waals surface area contributed by atoms with E-state index >= 15 is 0 Å². The summed E-state index contributed by atoms with van der Waals surface area (Å²) in [5.41, 5.74) is 2.11. The van der Waals surface area contributed by atoms with Gasteiger partial charge in [0.1, 0.15) is 5.65 Å². The van der Waals surface area contributed by atoms with Gasteiger partial charge in [0.05, 0.1) is 5.69 Å². The third kappa shape index (κ3) is 4.05. The van der Waals surface area contributed by atoms with Gasteiger partial charge in [-0.05, 0) is 38.6 Å². The third-order valence-corrected chi connectivity index (χ3v) is 3.57. The van der Waals surface area contributed by atoms with Gasteiger partial charge in [-0.15, -0.1) is 0 Å². The van der Waals surface area contributed by atoms with Crippen LogP contribution in [0.1, 0.15) is 26.0 Å². The summed E-state index contributed by atoms with van der Waals surface area (Å²) in [6, 6.07) is 6.65. The lowest BCUT2D eigenvalue weighted by molar-refractivity contribution is 0.246. The van der Waals surface area contributed by atoms with Crippen LogP contribution >= 0.6 is 0 Å². The van der Waals surface area contributed by atoms with Gasteiger partial charge in [-0.3, -0.25) is 0 Å². The topological polar surface area (TPSA) is 32.6 Å². The van der Waals surface area contributed by atoms with Crippen molar-refractivity contribution in [2.45, 2.75) is 32.9 Å². The maximum Gasteiger partial charge on any atom is 0.137 e. The fourth-order valence-electron chi connectivity index (χ4n) is 2.46. The monoisotopic (exact) mass is 274 g/mol. The minimum atomic E-state index is 0.576. The van der Waals surface area contributed by atoms with Crippen LogP contribution in [-0.2, 0) is 6.54 Å². The molecule has 20 heavy (non-hydrogen) atoms. The highest BCUT2D eigenvalue weighted by Crippen LogP contribution is 2.09. The van der Waals surface area contributed by atoms with Gasteiger partial charge >= 0.3 is 0 Å². The lowest BCUT2D eigenvalue weighted by atomic mass is 10.0. The second-order valence-electron chi connectivity index (χ2n) is 6.08. The van der Waals surface area contributed by atoms with Gasteiger partial charge in [-0.1, -0.05) is 19.9 Å². The van der Waals surface area contributed by atoms with E-state index in [0.29, 0.717) is 6.04 Å². The Morgan fingerprint density at radius 3 is 2.75 bits per heavy atom. The van der Waals surface area contributed by atoms with E-state index in [2.05, 4.69) is 53.7 Å². The Hall–Kier alpha value is -1.39. The number of rotatable bonds is 7. The zero-order valence-corrected chi connectivity index (χ0v) is 13.0. The first-order valence-corrected chi connectivity index (χ1v) is 7.36. The predicted octanol–water partition coefficient (Wildman–Crippen LogP) is 2.40. The van der Waals surface area contributed by atoms with Gasteiger partial charge in [-0.25, -0.2) is 4.98 Å². The molecule has 0 spiro atoms. The smallest absolute Gasteiger partial charge is 0.137 e. The molecule has 1 unspecified atom stereocenters. The molecule has 4 heteroatoms. The Balaban J connectivity index is 1.87. The molecule has 0 aromatic carbocycles. The molecular weight excluding hydrogens is 248 g/mol. The molecule has 4 nitrogen and oxygen atoms in total. The number of likely N-dealkylation sites (N-methyl/N-ethyl adjacent to an activating group) is 1. The van der Waals surface area contributed by atoms with E-state index in [0.717, 1.165) is 30.3 Å². The molecule has 0 aliphatic rings. The van der Waals surface area contributed by atoms with Crippen LogP contribution in [0.2, 0.25) is 0 Å². The summed E-state index contributed by atoms with van der Waals surface area (Å²) in [6.07, 6.45) is 5.34. The third-order valence-electron chi connectivity index (χ3n) is 3.57. The molecular formula is C16H26N4. The lowest BCUT2D eigenvalue weighted by Crippen LogP contribution is -2.38. The molecule has 2 aromatic rings. The number of hydrogen-bond acceptors (Lipinski definition) is 3. The number of fused-ring (bicyclic) bond motifs is 1. The van der Waals surface area contributed by atoms with Gasteiger partial charge in [-0.2, -0.15) is 0 Å². The molecule has 0 fully saturated rings. The van der Waals surface area contributed by atoms with Gasteiger partial charge in [0.25, 0.3) is 0 Å². The Morgan fingerprint density at radius 1 is 1.30 bits per heavy atom. The Labute approximate surface area is 121 Å². The maximum atomic E-state index is 4.60. The van der Waals surface area contributed by atoms with E-state index in [-0.39, 0.29) is 0 Å². The number of nitrogens with zero attached hydrogens (tertiary/aromatic N) is 3. The van der Waals surface area contributed by atoms with Crippen molar-refractivity contribution in [3.05, 3.63) is 36.3 Å². The lowest BCUT2D eigenvalue weighted by Gasteiger charge is -2.26. The van der Waals surface area contributed by atoms with Crippen molar-refractivity contribution in [2.24, 2.45) is 5.92 Å². The summed E-state index contributed by atoms with van der Waals surface area (Å²) >= 11 is 0. The summed E-state index contributed by atoms with van der Waals surface area (Å²) in [7, 11) is 4.30. The molecule has 0 bridgehead atoms. The van der Waals surface area contributed by atoms with Crippen LogP contribution in [0.5, 0.6) is 0 Å². The summed E-state index contributed by atoms with van der Waals surface area (Å²) in [4.78, 5) is 6.90. The van der Waals surface area contributed by atoms with Crippen molar-refractivity contribution >= 4 is 5.65 Å². The van der Waals surface area contributed by atoms with Gasteiger partial charge in [0.2, 0.25) is 0 Å². The zero-order chi connectivity index (χ0) is 14.5. The van der Waals surface area contributed by atoms with Crippen LogP contribution in [0, 0.1) is 5.92 Å².